The molecule has 5 atom stereocenters. The maximum absolute atomic E-state index is 6.08. The quantitative estimate of drug-likeness (QED) is 0.593. The van der Waals surface area contributed by atoms with Crippen LogP contribution in [0.3, 0.4) is 0 Å². The number of hydrogen-bond donors (Lipinski definition) is 0. The smallest absolute Gasteiger partial charge is 0.119 e. The van der Waals surface area contributed by atoms with Gasteiger partial charge in [0, 0.05) is 6.61 Å². The molecule has 5 unspecified atom stereocenters. The van der Waals surface area contributed by atoms with Gasteiger partial charge in [-0.3, -0.25) is 0 Å². The molecule has 0 heterocycles. The standard InChI is InChI=1S/C25H38O2/c1-3-13-27-25-12-10-21-15-19(6-8-23(21)17-25)18-5-7-22-16-24(26-4-2)11-9-20(22)14-18/h9,11,16,18-19,21,23,25H,3-8,10,12-15,17H2,1-2H3. The van der Waals surface area contributed by atoms with Crippen molar-refractivity contribution < 1.29 is 9.47 Å². The van der Waals surface area contributed by atoms with E-state index >= 15 is 0 Å². The van der Waals surface area contributed by atoms with Gasteiger partial charge in [0.15, 0.2) is 0 Å². The van der Waals surface area contributed by atoms with E-state index in [4.69, 9.17) is 9.47 Å². The summed E-state index contributed by atoms with van der Waals surface area (Å²) < 4.78 is 11.8. The van der Waals surface area contributed by atoms with Crippen LogP contribution in [0.15, 0.2) is 18.2 Å². The minimum atomic E-state index is 0.559. The first-order chi connectivity index (χ1) is 13.3. The second-order valence-corrected chi connectivity index (χ2v) is 9.27. The van der Waals surface area contributed by atoms with E-state index in [0.717, 1.165) is 49.1 Å². The Morgan fingerprint density at radius 3 is 2.44 bits per heavy atom. The SMILES string of the molecule is CCCOC1CCC2CC(C3CCc4cc(OCC)ccc4C3)CCC2C1. The van der Waals surface area contributed by atoms with Crippen LogP contribution in [0.25, 0.3) is 0 Å². The van der Waals surface area contributed by atoms with Gasteiger partial charge in [0.05, 0.1) is 12.7 Å². The number of ether oxygens (including phenoxy) is 2. The summed E-state index contributed by atoms with van der Waals surface area (Å²) in [5.74, 6) is 4.84. The summed E-state index contributed by atoms with van der Waals surface area (Å²) in [6.07, 6.45) is 14.1. The zero-order valence-corrected chi connectivity index (χ0v) is 17.4. The number of aryl methyl sites for hydroxylation is 1. The maximum atomic E-state index is 6.08. The summed E-state index contributed by atoms with van der Waals surface area (Å²) in [5, 5.41) is 0. The predicted molar refractivity (Wildman–Crippen MR) is 111 cm³/mol. The average molecular weight is 371 g/mol. The van der Waals surface area contributed by atoms with Crippen molar-refractivity contribution in [1.82, 2.24) is 0 Å². The van der Waals surface area contributed by atoms with E-state index in [2.05, 4.69) is 32.0 Å². The fraction of sp³-hybridized carbons (Fsp3) is 0.760. The maximum Gasteiger partial charge on any atom is 0.119 e. The van der Waals surface area contributed by atoms with Crippen molar-refractivity contribution in [2.75, 3.05) is 13.2 Å². The van der Waals surface area contributed by atoms with E-state index in [-0.39, 0.29) is 0 Å². The molecule has 0 bridgehead atoms. The Bertz CT molecular complexity index is 610. The molecule has 0 amide bonds. The molecular weight excluding hydrogens is 332 g/mol. The van der Waals surface area contributed by atoms with Crippen molar-refractivity contribution in [2.45, 2.75) is 84.2 Å². The number of benzene rings is 1. The summed E-state index contributed by atoms with van der Waals surface area (Å²) in [6.45, 7) is 6.00. The highest BCUT2D eigenvalue weighted by Gasteiger charge is 2.38. The van der Waals surface area contributed by atoms with E-state index in [1.807, 2.05) is 0 Å². The first kappa shape index (κ1) is 19.3. The molecule has 2 fully saturated rings. The van der Waals surface area contributed by atoms with Crippen molar-refractivity contribution >= 4 is 0 Å². The van der Waals surface area contributed by atoms with E-state index in [1.165, 1.54) is 57.8 Å². The summed E-state index contributed by atoms with van der Waals surface area (Å²) in [4.78, 5) is 0. The van der Waals surface area contributed by atoms with Crippen molar-refractivity contribution in [1.29, 1.82) is 0 Å². The fourth-order valence-electron chi connectivity index (χ4n) is 6.16. The largest absolute Gasteiger partial charge is 0.494 e. The van der Waals surface area contributed by atoms with Gasteiger partial charge in [-0.2, -0.15) is 0 Å². The van der Waals surface area contributed by atoms with Gasteiger partial charge in [-0.1, -0.05) is 13.0 Å². The first-order valence-corrected chi connectivity index (χ1v) is 11.6. The highest BCUT2D eigenvalue weighted by molar-refractivity contribution is 5.37. The first-order valence-electron chi connectivity index (χ1n) is 11.6. The van der Waals surface area contributed by atoms with Crippen LogP contribution < -0.4 is 4.74 Å². The van der Waals surface area contributed by atoms with Crippen molar-refractivity contribution in [3.63, 3.8) is 0 Å². The fourth-order valence-corrected chi connectivity index (χ4v) is 6.16. The van der Waals surface area contributed by atoms with Gasteiger partial charge in [-0.25, -0.2) is 0 Å². The van der Waals surface area contributed by atoms with Gasteiger partial charge in [0.25, 0.3) is 0 Å². The van der Waals surface area contributed by atoms with Crippen LogP contribution in [0, 0.1) is 23.7 Å². The number of fused-ring (bicyclic) bond motifs is 2. The molecule has 1 aromatic rings. The molecule has 3 aliphatic carbocycles. The Balaban J connectivity index is 1.32. The molecule has 1 aromatic carbocycles. The molecule has 0 spiro atoms. The molecule has 3 aliphatic rings. The van der Waals surface area contributed by atoms with Gasteiger partial charge in [0.2, 0.25) is 0 Å². The molecular formula is C25H38O2. The van der Waals surface area contributed by atoms with Crippen LogP contribution in [-0.2, 0) is 17.6 Å². The molecule has 0 radical (unpaired) electrons. The van der Waals surface area contributed by atoms with E-state index < -0.39 is 0 Å². The Hall–Kier alpha value is -1.02. The van der Waals surface area contributed by atoms with Crippen molar-refractivity contribution in [3.05, 3.63) is 29.3 Å². The zero-order chi connectivity index (χ0) is 18.6. The van der Waals surface area contributed by atoms with Crippen molar-refractivity contribution in [3.8, 4) is 5.75 Å². The van der Waals surface area contributed by atoms with Crippen molar-refractivity contribution in [2.24, 2.45) is 23.7 Å². The van der Waals surface area contributed by atoms with E-state index in [0.29, 0.717) is 6.10 Å². The second-order valence-electron chi connectivity index (χ2n) is 9.27. The lowest BCUT2D eigenvalue weighted by molar-refractivity contribution is -0.0236. The third-order valence-electron chi connectivity index (χ3n) is 7.59. The summed E-state index contributed by atoms with van der Waals surface area (Å²) in [5.41, 5.74) is 3.13. The molecule has 27 heavy (non-hydrogen) atoms. The van der Waals surface area contributed by atoms with Gasteiger partial charge < -0.3 is 9.47 Å². The molecule has 2 heteroatoms. The Labute approximate surface area is 166 Å². The van der Waals surface area contributed by atoms with Crippen LogP contribution >= 0.6 is 0 Å². The second kappa shape index (κ2) is 8.99. The highest BCUT2D eigenvalue weighted by atomic mass is 16.5. The lowest BCUT2D eigenvalue weighted by Crippen LogP contribution is -2.37. The van der Waals surface area contributed by atoms with E-state index in [1.54, 1.807) is 11.1 Å². The molecule has 0 aromatic heterocycles. The summed E-state index contributed by atoms with van der Waals surface area (Å²) in [7, 11) is 0. The zero-order valence-electron chi connectivity index (χ0n) is 17.4. The van der Waals surface area contributed by atoms with Gasteiger partial charge >= 0.3 is 0 Å². The summed E-state index contributed by atoms with van der Waals surface area (Å²) in [6, 6.07) is 6.82. The molecule has 0 N–H and O–H groups in total. The Kier molecular flexibility index (Phi) is 6.42. The monoisotopic (exact) mass is 370 g/mol. The van der Waals surface area contributed by atoms with Crippen LogP contribution in [0.1, 0.15) is 76.3 Å². The van der Waals surface area contributed by atoms with Crippen LogP contribution in [0.5, 0.6) is 5.75 Å². The molecule has 150 valence electrons. The molecule has 0 aliphatic heterocycles. The lowest BCUT2D eigenvalue weighted by atomic mass is 9.62. The van der Waals surface area contributed by atoms with Gasteiger partial charge in [0.1, 0.15) is 5.75 Å². The number of hydrogen-bond acceptors (Lipinski definition) is 2. The lowest BCUT2D eigenvalue weighted by Gasteiger charge is -2.45. The molecule has 2 nitrogen and oxygen atoms in total. The van der Waals surface area contributed by atoms with Gasteiger partial charge in [-0.05, 0) is 118 Å². The van der Waals surface area contributed by atoms with Crippen LogP contribution in [-0.4, -0.2) is 19.3 Å². The minimum Gasteiger partial charge on any atom is -0.494 e. The average Bonchev–Trinajstić information content (AvgIpc) is 2.71. The highest BCUT2D eigenvalue weighted by Crippen LogP contribution is 2.47. The minimum absolute atomic E-state index is 0.559. The Morgan fingerprint density at radius 2 is 1.63 bits per heavy atom. The third-order valence-corrected chi connectivity index (χ3v) is 7.59. The normalized spacial score (nSPS) is 33.2. The third kappa shape index (κ3) is 4.53. The summed E-state index contributed by atoms with van der Waals surface area (Å²) >= 11 is 0. The van der Waals surface area contributed by atoms with E-state index in [9.17, 15) is 0 Å². The number of rotatable bonds is 6. The van der Waals surface area contributed by atoms with Crippen LogP contribution in [0.2, 0.25) is 0 Å². The topological polar surface area (TPSA) is 18.5 Å². The van der Waals surface area contributed by atoms with Gasteiger partial charge in [-0.15, -0.1) is 0 Å². The Morgan fingerprint density at radius 1 is 0.852 bits per heavy atom. The molecule has 2 saturated carbocycles. The van der Waals surface area contributed by atoms with Crippen LogP contribution in [0.4, 0.5) is 0 Å². The molecule has 0 saturated heterocycles. The molecule has 4 rings (SSSR count). The predicted octanol–water partition coefficient (Wildman–Crippen LogP) is 6.20.